The zero-order valence-electron chi connectivity index (χ0n) is 24.1. The van der Waals surface area contributed by atoms with Crippen LogP contribution in [-0.4, -0.2) is 59.1 Å². The summed E-state index contributed by atoms with van der Waals surface area (Å²) in [6.45, 7) is 6.60. The normalized spacial score (nSPS) is 19.3. The number of hydrogen-bond donors (Lipinski definition) is 2. The molecule has 1 aliphatic heterocycles. The molecular weight excluding hydrogens is 587 g/mol. The molecule has 5 rings (SSSR count). The molecule has 1 atom stereocenters. The lowest BCUT2D eigenvalue weighted by Gasteiger charge is -2.34. The first kappa shape index (κ1) is 30.6. The van der Waals surface area contributed by atoms with Gasteiger partial charge in [0.1, 0.15) is 11.6 Å². The number of amides is 1. The highest BCUT2D eigenvalue weighted by Gasteiger charge is 2.62. The zero-order valence-corrected chi connectivity index (χ0v) is 24.9. The second-order valence-electron chi connectivity index (χ2n) is 11.8. The topological polar surface area (TPSA) is 127 Å². The van der Waals surface area contributed by atoms with Gasteiger partial charge in [-0.3, -0.25) is 4.79 Å². The van der Waals surface area contributed by atoms with Gasteiger partial charge in [0.2, 0.25) is 5.88 Å². The van der Waals surface area contributed by atoms with Gasteiger partial charge in [0.15, 0.2) is 5.82 Å². The van der Waals surface area contributed by atoms with Gasteiger partial charge in [0, 0.05) is 24.3 Å². The minimum atomic E-state index is -4.26. The molecule has 3 aromatic rings. The van der Waals surface area contributed by atoms with Crippen LogP contribution >= 0.6 is 0 Å². The summed E-state index contributed by atoms with van der Waals surface area (Å²) < 4.78 is 74.6. The van der Waals surface area contributed by atoms with Crippen molar-refractivity contribution >= 4 is 21.7 Å². The van der Waals surface area contributed by atoms with Crippen molar-refractivity contribution in [3.05, 3.63) is 54.2 Å². The van der Waals surface area contributed by atoms with Crippen molar-refractivity contribution in [2.45, 2.75) is 69.5 Å². The molecule has 1 amide bonds. The van der Waals surface area contributed by atoms with Crippen molar-refractivity contribution in [1.29, 1.82) is 0 Å². The molecule has 2 aliphatic rings. The number of phenols is 1. The van der Waals surface area contributed by atoms with Crippen LogP contribution in [0.3, 0.4) is 0 Å². The lowest BCUT2D eigenvalue weighted by atomic mass is 9.95. The highest BCUT2D eigenvalue weighted by molar-refractivity contribution is 7.90. The maximum Gasteiger partial charge on any atom is 0.394 e. The zero-order chi connectivity index (χ0) is 31.2. The fourth-order valence-corrected chi connectivity index (χ4v) is 6.50. The van der Waals surface area contributed by atoms with Gasteiger partial charge in [0.05, 0.1) is 22.5 Å². The second kappa shape index (κ2) is 11.0. The number of alkyl halides is 3. The largest absolute Gasteiger partial charge is 0.508 e. The van der Waals surface area contributed by atoms with Gasteiger partial charge in [0.25, 0.3) is 15.9 Å². The van der Waals surface area contributed by atoms with Crippen molar-refractivity contribution in [3.8, 4) is 17.4 Å². The highest BCUT2D eigenvalue weighted by atomic mass is 32.2. The third-order valence-corrected chi connectivity index (χ3v) is 9.70. The summed E-state index contributed by atoms with van der Waals surface area (Å²) in [4.78, 5) is 20.0. The van der Waals surface area contributed by atoms with Crippen LogP contribution in [0.2, 0.25) is 0 Å². The van der Waals surface area contributed by atoms with Crippen LogP contribution in [0, 0.1) is 11.3 Å². The number of nitrogens with one attached hydrogen (secondary N) is 1. The van der Waals surface area contributed by atoms with Crippen LogP contribution < -0.4 is 14.4 Å². The Kier molecular flexibility index (Phi) is 7.86. The number of rotatable bonds is 10. The van der Waals surface area contributed by atoms with E-state index in [2.05, 4.69) is 16.7 Å². The van der Waals surface area contributed by atoms with E-state index < -0.39 is 33.1 Å². The number of aromatic nitrogens is 3. The molecule has 232 valence electrons. The number of hydrogen-bond acceptors (Lipinski definition) is 8. The number of anilines is 1. The fourth-order valence-electron chi connectivity index (χ4n) is 5.53. The van der Waals surface area contributed by atoms with Crippen molar-refractivity contribution in [1.82, 2.24) is 19.5 Å². The summed E-state index contributed by atoms with van der Waals surface area (Å²) in [5.74, 6) is 0.0579. The van der Waals surface area contributed by atoms with E-state index in [1.165, 1.54) is 47.1 Å². The van der Waals surface area contributed by atoms with Gasteiger partial charge in [-0.05, 0) is 81.8 Å². The number of ether oxygens (including phenoxy) is 1. The first-order valence-corrected chi connectivity index (χ1v) is 15.5. The third kappa shape index (κ3) is 6.29. The predicted octanol–water partition coefficient (Wildman–Crippen LogP) is 5.22. The number of sulfonamides is 1. The molecule has 1 aromatic carbocycles. The molecule has 0 radical (unpaired) electrons. The van der Waals surface area contributed by atoms with Gasteiger partial charge in [-0.1, -0.05) is 13.3 Å². The molecule has 1 aliphatic carbocycles. The van der Waals surface area contributed by atoms with E-state index in [-0.39, 0.29) is 53.8 Å². The number of carbonyl (C=O) groups excluding carboxylic acids is 1. The molecule has 2 aromatic heterocycles. The number of carbonyl (C=O) groups is 1. The van der Waals surface area contributed by atoms with Crippen LogP contribution in [-0.2, 0) is 10.0 Å². The van der Waals surface area contributed by atoms with Gasteiger partial charge in [-0.15, -0.1) is 5.10 Å². The maximum atomic E-state index is 13.4. The van der Waals surface area contributed by atoms with Crippen molar-refractivity contribution < 1.29 is 36.2 Å². The first-order valence-electron chi connectivity index (χ1n) is 14.0. The number of phenolic OH excluding ortho intramolecular Hbond substituents is 1. The SMILES string of the molecule is CC[C@@H]1CN(c2nc(-n3ccc(OCCC4(C(F)(F)F)CC4)n3)ccc2C(=O)NS(=O)(=O)c2ccc(O)cc2)C(C)(C)C1. The number of pyridine rings is 1. The van der Waals surface area contributed by atoms with E-state index in [0.29, 0.717) is 18.3 Å². The summed E-state index contributed by atoms with van der Waals surface area (Å²) in [5.41, 5.74) is -2.02. The molecule has 0 bridgehead atoms. The number of aromatic hydroxyl groups is 1. The highest BCUT2D eigenvalue weighted by Crippen LogP contribution is 2.59. The molecule has 2 fully saturated rings. The van der Waals surface area contributed by atoms with Crippen LogP contribution in [0.1, 0.15) is 63.2 Å². The molecular formula is C29H34F3N5O5S. The summed E-state index contributed by atoms with van der Waals surface area (Å²) in [7, 11) is -4.25. The summed E-state index contributed by atoms with van der Waals surface area (Å²) in [6, 6.07) is 9.29. The van der Waals surface area contributed by atoms with Gasteiger partial charge < -0.3 is 14.7 Å². The van der Waals surface area contributed by atoms with Crippen molar-refractivity contribution in [2.75, 3.05) is 18.1 Å². The van der Waals surface area contributed by atoms with Crippen LogP contribution in [0.25, 0.3) is 5.82 Å². The third-order valence-electron chi connectivity index (χ3n) is 8.36. The number of nitrogens with zero attached hydrogens (tertiary/aromatic N) is 4. The molecule has 43 heavy (non-hydrogen) atoms. The Balaban J connectivity index is 1.41. The molecule has 3 heterocycles. The van der Waals surface area contributed by atoms with E-state index in [9.17, 15) is 31.5 Å². The Morgan fingerprint density at radius 2 is 1.84 bits per heavy atom. The quantitative estimate of drug-likeness (QED) is 0.316. The number of benzene rings is 1. The fraction of sp³-hybridized carbons (Fsp3) is 0.483. The molecule has 1 saturated carbocycles. The predicted molar refractivity (Wildman–Crippen MR) is 152 cm³/mol. The Morgan fingerprint density at radius 3 is 2.44 bits per heavy atom. The average molecular weight is 622 g/mol. The summed E-state index contributed by atoms with van der Waals surface area (Å²) in [5, 5.41) is 13.8. The van der Waals surface area contributed by atoms with Crippen molar-refractivity contribution in [2.24, 2.45) is 11.3 Å². The first-order chi connectivity index (χ1) is 20.1. The van der Waals surface area contributed by atoms with Crippen LogP contribution in [0.15, 0.2) is 53.6 Å². The maximum absolute atomic E-state index is 13.4. The minimum Gasteiger partial charge on any atom is -0.508 e. The van der Waals surface area contributed by atoms with E-state index in [4.69, 9.17) is 9.72 Å². The molecule has 1 saturated heterocycles. The Hall–Kier alpha value is -3.81. The molecule has 14 heteroatoms. The molecule has 2 N–H and O–H groups in total. The van der Waals surface area contributed by atoms with Gasteiger partial charge in [-0.2, -0.15) is 13.2 Å². The van der Waals surface area contributed by atoms with Crippen LogP contribution in [0.5, 0.6) is 11.6 Å². The summed E-state index contributed by atoms with van der Waals surface area (Å²) >= 11 is 0. The Labute approximate surface area is 247 Å². The average Bonchev–Trinajstić information content (AvgIpc) is 3.48. The molecule has 10 nitrogen and oxygen atoms in total. The van der Waals surface area contributed by atoms with Crippen molar-refractivity contribution in [3.63, 3.8) is 0 Å². The van der Waals surface area contributed by atoms with E-state index in [0.717, 1.165) is 12.8 Å². The standard InChI is InChI=1S/C29H34F3N5O5S/c1-4-19-17-27(2,3)36(18-19)25-22(26(39)35-43(40,41)21-7-5-20(38)6-8-21)9-10-23(33-25)37-15-11-24(34-37)42-16-14-28(12-13-28)29(30,31)32/h5-11,15,19,38H,4,12-14,16-18H2,1-3H3,(H,35,39)/t19-/m0/s1. The molecule has 0 spiro atoms. The Bertz CT molecular complexity index is 1600. The minimum absolute atomic E-state index is 0.0430. The monoisotopic (exact) mass is 621 g/mol. The number of halogens is 3. The lowest BCUT2D eigenvalue weighted by Crippen LogP contribution is -2.41. The Morgan fingerprint density at radius 1 is 1.14 bits per heavy atom. The van der Waals surface area contributed by atoms with Crippen LogP contribution in [0.4, 0.5) is 19.0 Å². The van der Waals surface area contributed by atoms with E-state index in [1.54, 1.807) is 6.20 Å². The van der Waals surface area contributed by atoms with Gasteiger partial charge >= 0.3 is 6.18 Å². The second-order valence-corrected chi connectivity index (χ2v) is 13.5. The van der Waals surface area contributed by atoms with E-state index in [1.807, 2.05) is 18.7 Å². The lowest BCUT2D eigenvalue weighted by molar-refractivity contribution is -0.190. The van der Waals surface area contributed by atoms with E-state index >= 15 is 0 Å². The summed E-state index contributed by atoms with van der Waals surface area (Å²) in [6.07, 6.45) is -0.908. The van der Waals surface area contributed by atoms with Gasteiger partial charge in [-0.25, -0.2) is 22.8 Å². The molecule has 0 unspecified atom stereocenters. The smallest absolute Gasteiger partial charge is 0.394 e.